The third-order valence-corrected chi connectivity index (χ3v) is 10.3. The van der Waals surface area contributed by atoms with E-state index in [1.807, 2.05) is 36.4 Å². The molecular formula is C51H34N4. The summed E-state index contributed by atoms with van der Waals surface area (Å²) in [6.07, 6.45) is 0. The van der Waals surface area contributed by atoms with Gasteiger partial charge in [0, 0.05) is 38.8 Å². The first-order valence-electron chi connectivity index (χ1n) is 18.5. The largest absolute Gasteiger partial charge is 0.231 e. The van der Waals surface area contributed by atoms with E-state index in [2.05, 4.69) is 174 Å². The van der Waals surface area contributed by atoms with Gasteiger partial charge in [0.1, 0.15) is 5.69 Å². The Hall–Kier alpha value is -7.43. The monoisotopic (exact) mass is 702 g/mol. The van der Waals surface area contributed by atoms with Crippen LogP contribution >= 0.6 is 0 Å². The molecule has 0 amide bonds. The number of hydrogen-bond donors (Lipinski definition) is 0. The first kappa shape index (κ1) is 32.2. The minimum atomic E-state index is 0.706. The molecule has 3 aromatic heterocycles. The molecule has 0 aliphatic carbocycles. The molecule has 0 unspecified atom stereocenters. The van der Waals surface area contributed by atoms with Crippen molar-refractivity contribution in [1.82, 2.24) is 19.6 Å². The van der Waals surface area contributed by atoms with E-state index in [0.29, 0.717) is 5.82 Å². The Morgan fingerprint density at radius 2 is 0.836 bits per heavy atom. The predicted molar refractivity (Wildman–Crippen MR) is 226 cm³/mol. The van der Waals surface area contributed by atoms with Gasteiger partial charge in [-0.15, -0.1) is 0 Å². The first-order chi connectivity index (χ1) is 27.3. The van der Waals surface area contributed by atoms with E-state index in [4.69, 9.17) is 15.1 Å². The minimum absolute atomic E-state index is 0.706. The molecule has 0 radical (unpaired) electrons. The fraction of sp³-hybridized carbons (Fsp3) is 0. The summed E-state index contributed by atoms with van der Waals surface area (Å²) in [5.74, 6) is 0.706. The van der Waals surface area contributed by atoms with Crippen molar-refractivity contribution < 1.29 is 0 Å². The highest BCUT2D eigenvalue weighted by atomic mass is 15.2. The second kappa shape index (κ2) is 13.8. The highest BCUT2D eigenvalue weighted by Crippen LogP contribution is 2.43. The first-order valence-corrected chi connectivity index (χ1v) is 18.5. The molecular weight excluding hydrogens is 669 g/mol. The van der Waals surface area contributed by atoms with Gasteiger partial charge in [0.05, 0.1) is 22.6 Å². The Labute approximate surface area is 319 Å². The van der Waals surface area contributed by atoms with E-state index in [-0.39, 0.29) is 0 Å². The van der Waals surface area contributed by atoms with Crippen LogP contribution in [0.4, 0.5) is 0 Å². The lowest BCUT2D eigenvalue weighted by Gasteiger charge is -2.14. The SMILES string of the molecule is c1ccc(-c2cc(-c3ccc(-c4cccc5c4cc(-c4ccccc4)n4nc(-c6ccccc6)c(-c6ccccc6)c54)cc3)nc(-c3ccccc3)n2)cc1. The van der Waals surface area contributed by atoms with Crippen molar-refractivity contribution in [3.8, 4) is 78.7 Å². The number of benzene rings is 7. The maximum atomic E-state index is 5.40. The van der Waals surface area contributed by atoms with E-state index >= 15 is 0 Å². The zero-order chi connectivity index (χ0) is 36.6. The molecule has 0 spiro atoms. The summed E-state index contributed by atoms with van der Waals surface area (Å²) in [6, 6.07) is 72.1. The molecule has 0 atom stereocenters. The van der Waals surface area contributed by atoms with Crippen LogP contribution in [0.5, 0.6) is 0 Å². The standard InChI is InChI=1S/C51H34N4/c1-6-17-36(18-7-1)45-34-46(53-51(52-45)41-25-14-5-15-26-41)37-31-29-35(30-32-37)42-27-16-28-43-44(42)33-47(38-19-8-2-9-20-38)55-50(43)48(39-21-10-3-11-22-39)49(54-55)40-23-12-4-13-24-40/h1-34H. The molecule has 0 fully saturated rings. The van der Waals surface area contributed by atoms with Crippen LogP contribution in [0.2, 0.25) is 0 Å². The zero-order valence-electron chi connectivity index (χ0n) is 29.9. The van der Waals surface area contributed by atoms with Crippen LogP contribution in [0.3, 0.4) is 0 Å². The Bertz CT molecular complexity index is 2870. The molecule has 0 aliphatic rings. The van der Waals surface area contributed by atoms with Gasteiger partial charge in [0.2, 0.25) is 0 Å². The summed E-state index contributed by atoms with van der Waals surface area (Å²) < 4.78 is 2.15. The van der Waals surface area contributed by atoms with Crippen LogP contribution < -0.4 is 0 Å². The molecule has 0 bridgehead atoms. The molecule has 55 heavy (non-hydrogen) atoms. The summed E-state index contributed by atoms with van der Waals surface area (Å²) in [6.45, 7) is 0. The van der Waals surface area contributed by atoms with Crippen molar-refractivity contribution in [2.75, 3.05) is 0 Å². The number of aromatic nitrogens is 4. The molecule has 258 valence electrons. The Morgan fingerprint density at radius 1 is 0.345 bits per heavy atom. The van der Waals surface area contributed by atoms with Crippen LogP contribution in [-0.2, 0) is 0 Å². The summed E-state index contributed by atoms with van der Waals surface area (Å²) in [7, 11) is 0. The van der Waals surface area contributed by atoms with Gasteiger partial charge >= 0.3 is 0 Å². The molecule has 0 saturated carbocycles. The Balaban J connectivity index is 1.17. The third kappa shape index (κ3) is 5.96. The molecule has 0 saturated heterocycles. The van der Waals surface area contributed by atoms with Crippen molar-refractivity contribution in [1.29, 1.82) is 0 Å². The molecule has 4 nitrogen and oxygen atoms in total. The van der Waals surface area contributed by atoms with Crippen LogP contribution in [-0.4, -0.2) is 19.6 Å². The number of pyridine rings is 1. The quantitative estimate of drug-likeness (QED) is 0.166. The van der Waals surface area contributed by atoms with Gasteiger partial charge in [-0.3, -0.25) is 0 Å². The number of hydrogen-bond acceptors (Lipinski definition) is 3. The van der Waals surface area contributed by atoms with Crippen LogP contribution in [0.15, 0.2) is 206 Å². The molecule has 3 heterocycles. The molecule has 7 aromatic carbocycles. The van der Waals surface area contributed by atoms with E-state index < -0.39 is 0 Å². The average molecular weight is 703 g/mol. The number of rotatable bonds is 7. The molecule has 0 aliphatic heterocycles. The van der Waals surface area contributed by atoms with Crippen LogP contribution in [0.1, 0.15) is 0 Å². The van der Waals surface area contributed by atoms with Crippen LogP contribution in [0.25, 0.3) is 95.0 Å². The van der Waals surface area contributed by atoms with Gasteiger partial charge in [-0.25, -0.2) is 14.5 Å². The van der Waals surface area contributed by atoms with Gasteiger partial charge in [0.15, 0.2) is 5.82 Å². The van der Waals surface area contributed by atoms with E-state index in [1.54, 1.807) is 0 Å². The van der Waals surface area contributed by atoms with Crippen molar-refractivity contribution in [2.24, 2.45) is 0 Å². The second-order valence-corrected chi connectivity index (χ2v) is 13.6. The minimum Gasteiger partial charge on any atom is -0.231 e. The normalized spacial score (nSPS) is 11.3. The van der Waals surface area contributed by atoms with Crippen molar-refractivity contribution in [2.45, 2.75) is 0 Å². The topological polar surface area (TPSA) is 43.1 Å². The summed E-state index contributed by atoms with van der Waals surface area (Å²) in [4.78, 5) is 10.1. The summed E-state index contributed by atoms with van der Waals surface area (Å²) in [5.41, 5.74) is 14.6. The lowest BCUT2D eigenvalue weighted by molar-refractivity contribution is 0.979. The lowest BCUT2D eigenvalue weighted by Crippen LogP contribution is -1.97. The van der Waals surface area contributed by atoms with Gasteiger partial charge in [-0.2, -0.15) is 5.10 Å². The molecule has 0 N–H and O–H groups in total. The van der Waals surface area contributed by atoms with Crippen molar-refractivity contribution >= 4 is 16.3 Å². The van der Waals surface area contributed by atoms with Crippen LogP contribution in [0, 0.1) is 0 Å². The summed E-state index contributed by atoms with van der Waals surface area (Å²) >= 11 is 0. The second-order valence-electron chi connectivity index (χ2n) is 13.6. The number of nitrogens with zero attached hydrogens (tertiary/aromatic N) is 4. The van der Waals surface area contributed by atoms with E-state index in [0.717, 1.165) is 89.1 Å². The maximum absolute atomic E-state index is 5.40. The lowest BCUT2D eigenvalue weighted by atomic mass is 9.93. The van der Waals surface area contributed by atoms with E-state index in [9.17, 15) is 0 Å². The predicted octanol–water partition coefficient (Wildman–Crippen LogP) is 12.9. The summed E-state index contributed by atoms with van der Waals surface area (Å²) in [5, 5.41) is 7.70. The average Bonchev–Trinajstić information content (AvgIpc) is 3.69. The van der Waals surface area contributed by atoms with Crippen molar-refractivity contribution in [3.63, 3.8) is 0 Å². The van der Waals surface area contributed by atoms with Gasteiger partial charge in [-0.1, -0.05) is 194 Å². The Kier molecular flexibility index (Phi) is 8.12. The maximum Gasteiger partial charge on any atom is 0.160 e. The van der Waals surface area contributed by atoms with Gasteiger partial charge in [-0.05, 0) is 34.2 Å². The van der Waals surface area contributed by atoms with E-state index in [1.165, 1.54) is 0 Å². The van der Waals surface area contributed by atoms with Crippen molar-refractivity contribution in [3.05, 3.63) is 206 Å². The van der Waals surface area contributed by atoms with Gasteiger partial charge in [0.25, 0.3) is 0 Å². The fourth-order valence-electron chi connectivity index (χ4n) is 7.60. The highest BCUT2D eigenvalue weighted by molar-refractivity contribution is 6.12. The van der Waals surface area contributed by atoms with Gasteiger partial charge < -0.3 is 0 Å². The smallest absolute Gasteiger partial charge is 0.160 e. The molecule has 10 aromatic rings. The fourth-order valence-corrected chi connectivity index (χ4v) is 7.60. The third-order valence-electron chi connectivity index (χ3n) is 10.3. The number of fused-ring (bicyclic) bond motifs is 3. The molecule has 10 rings (SSSR count). The Morgan fingerprint density at radius 3 is 1.44 bits per heavy atom. The zero-order valence-corrected chi connectivity index (χ0v) is 29.9. The molecule has 4 heteroatoms. The highest BCUT2D eigenvalue weighted by Gasteiger charge is 2.22.